The van der Waals surface area contributed by atoms with Crippen LogP contribution >= 0.6 is 11.6 Å². The van der Waals surface area contributed by atoms with Gasteiger partial charge >= 0.3 is 0 Å². The fourth-order valence-electron chi connectivity index (χ4n) is 2.62. The number of amides is 2. The van der Waals surface area contributed by atoms with Crippen LogP contribution in [0.15, 0.2) is 42.7 Å². The molecule has 0 atom stereocenters. The van der Waals surface area contributed by atoms with Gasteiger partial charge in [0.1, 0.15) is 5.82 Å². The van der Waals surface area contributed by atoms with Crippen molar-refractivity contribution >= 4 is 23.4 Å². The van der Waals surface area contributed by atoms with E-state index in [1.54, 1.807) is 29.4 Å². The monoisotopic (exact) mass is 347 g/mol. The number of nitrogens with zero attached hydrogens (tertiary/aromatic N) is 3. The maximum absolute atomic E-state index is 13.8. The van der Waals surface area contributed by atoms with Crippen molar-refractivity contribution in [2.75, 3.05) is 26.2 Å². The number of benzene rings is 1. The Hall–Kier alpha value is -2.47. The molecule has 0 saturated carbocycles. The Morgan fingerprint density at radius 3 is 2.17 bits per heavy atom. The van der Waals surface area contributed by atoms with Crippen LogP contribution in [-0.2, 0) is 0 Å². The molecule has 0 unspecified atom stereocenters. The van der Waals surface area contributed by atoms with Crippen LogP contribution in [0.25, 0.3) is 0 Å². The SMILES string of the molecule is O=C(c1ccncc1)N1CCN(C(=O)c2cc(Cl)ccc2F)CC1. The summed E-state index contributed by atoms with van der Waals surface area (Å²) < 4.78 is 13.8. The molecular formula is C17H15ClFN3O2. The van der Waals surface area contributed by atoms with Gasteiger partial charge in [0.05, 0.1) is 5.56 Å². The van der Waals surface area contributed by atoms with Crippen LogP contribution in [0.1, 0.15) is 20.7 Å². The fraction of sp³-hybridized carbons (Fsp3) is 0.235. The van der Waals surface area contributed by atoms with Gasteiger partial charge in [0.15, 0.2) is 0 Å². The van der Waals surface area contributed by atoms with Gasteiger partial charge in [-0.05, 0) is 30.3 Å². The van der Waals surface area contributed by atoms with Crippen molar-refractivity contribution in [3.05, 3.63) is 64.7 Å². The van der Waals surface area contributed by atoms with E-state index in [-0.39, 0.29) is 11.5 Å². The zero-order valence-corrected chi connectivity index (χ0v) is 13.5. The quantitative estimate of drug-likeness (QED) is 0.838. The van der Waals surface area contributed by atoms with Crippen molar-refractivity contribution in [3.8, 4) is 0 Å². The van der Waals surface area contributed by atoms with Gasteiger partial charge in [0, 0.05) is 49.2 Å². The lowest BCUT2D eigenvalue weighted by atomic mass is 10.1. The van der Waals surface area contributed by atoms with E-state index < -0.39 is 11.7 Å². The van der Waals surface area contributed by atoms with E-state index in [4.69, 9.17) is 11.6 Å². The summed E-state index contributed by atoms with van der Waals surface area (Å²) in [4.78, 5) is 31.9. The van der Waals surface area contributed by atoms with Crippen LogP contribution in [-0.4, -0.2) is 52.8 Å². The lowest BCUT2D eigenvalue weighted by Crippen LogP contribution is -2.50. The Bertz CT molecular complexity index is 762. The summed E-state index contributed by atoms with van der Waals surface area (Å²) in [5.41, 5.74) is 0.516. The van der Waals surface area contributed by atoms with E-state index >= 15 is 0 Å². The number of piperazine rings is 1. The third-order valence-electron chi connectivity index (χ3n) is 3.94. The number of pyridine rings is 1. The molecule has 24 heavy (non-hydrogen) atoms. The Labute approximate surface area is 143 Å². The topological polar surface area (TPSA) is 53.5 Å². The maximum atomic E-state index is 13.8. The van der Waals surface area contributed by atoms with Gasteiger partial charge in [-0.25, -0.2) is 4.39 Å². The van der Waals surface area contributed by atoms with Crippen molar-refractivity contribution in [1.29, 1.82) is 0 Å². The molecule has 0 spiro atoms. The highest BCUT2D eigenvalue weighted by atomic mass is 35.5. The highest BCUT2D eigenvalue weighted by molar-refractivity contribution is 6.31. The molecule has 0 aliphatic carbocycles. The molecule has 1 fully saturated rings. The smallest absolute Gasteiger partial charge is 0.257 e. The van der Waals surface area contributed by atoms with Gasteiger partial charge in [-0.2, -0.15) is 0 Å². The molecule has 5 nitrogen and oxygen atoms in total. The predicted octanol–water partition coefficient (Wildman–Crippen LogP) is 2.47. The van der Waals surface area contributed by atoms with E-state index in [9.17, 15) is 14.0 Å². The summed E-state index contributed by atoms with van der Waals surface area (Å²) in [5.74, 6) is -1.11. The Kier molecular flexibility index (Phi) is 4.76. The maximum Gasteiger partial charge on any atom is 0.257 e. The standard InChI is InChI=1S/C17H15ClFN3O2/c18-13-1-2-15(19)14(11-13)17(24)22-9-7-21(8-10-22)16(23)12-3-5-20-6-4-12/h1-6,11H,7-10H2. The van der Waals surface area contributed by atoms with E-state index in [0.717, 1.165) is 0 Å². The molecule has 2 heterocycles. The second-order valence-electron chi connectivity index (χ2n) is 5.44. The molecule has 7 heteroatoms. The number of carbonyl (C=O) groups is 2. The van der Waals surface area contributed by atoms with Crippen LogP contribution in [0.4, 0.5) is 4.39 Å². The van der Waals surface area contributed by atoms with Crippen LogP contribution in [0.3, 0.4) is 0 Å². The van der Waals surface area contributed by atoms with Gasteiger partial charge < -0.3 is 9.80 Å². The van der Waals surface area contributed by atoms with Crippen molar-refractivity contribution in [1.82, 2.24) is 14.8 Å². The summed E-state index contributed by atoms with van der Waals surface area (Å²) >= 11 is 5.84. The molecular weight excluding hydrogens is 333 g/mol. The summed E-state index contributed by atoms with van der Waals surface area (Å²) in [6, 6.07) is 7.22. The first-order chi connectivity index (χ1) is 11.6. The number of rotatable bonds is 2. The molecule has 1 aliphatic rings. The minimum absolute atomic E-state index is 0.0450. The van der Waals surface area contributed by atoms with Crippen molar-refractivity contribution in [3.63, 3.8) is 0 Å². The van der Waals surface area contributed by atoms with Crippen molar-refractivity contribution < 1.29 is 14.0 Å². The first-order valence-corrected chi connectivity index (χ1v) is 7.87. The lowest BCUT2D eigenvalue weighted by molar-refractivity contribution is 0.0532. The minimum atomic E-state index is -0.598. The zero-order valence-electron chi connectivity index (χ0n) is 12.8. The fourth-order valence-corrected chi connectivity index (χ4v) is 2.79. The molecule has 1 aromatic heterocycles. The highest BCUT2D eigenvalue weighted by Gasteiger charge is 2.26. The van der Waals surface area contributed by atoms with Crippen LogP contribution < -0.4 is 0 Å². The van der Waals surface area contributed by atoms with Gasteiger partial charge in [-0.1, -0.05) is 11.6 Å². The third-order valence-corrected chi connectivity index (χ3v) is 4.18. The van der Waals surface area contributed by atoms with Crippen LogP contribution in [0.2, 0.25) is 5.02 Å². The normalized spacial score (nSPS) is 14.6. The third kappa shape index (κ3) is 3.38. The molecule has 2 amide bonds. The van der Waals surface area contributed by atoms with Gasteiger partial charge in [0.25, 0.3) is 11.8 Å². The number of halogens is 2. The van der Waals surface area contributed by atoms with Gasteiger partial charge in [-0.3, -0.25) is 14.6 Å². The molecule has 1 saturated heterocycles. The number of hydrogen-bond donors (Lipinski definition) is 0. The molecule has 0 N–H and O–H groups in total. The largest absolute Gasteiger partial charge is 0.335 e. The molecule has 2 aromatic rings. The first-order valence-electron chi connectivity index (χ1n) is 7.50. The van der Waals surface area contributed by atoms with Gasteiger partial charge in [0.2, 0.25) is 0 Å². The molecule has 1 aromatic carbocycles. The van der Waals surface area contributed by atoms with E-state index in [2.05, 4.69) is 4.98 Å². The van der Waals surface area contributed by atoms with E-state index in [0.29, 0.717) is 36.8 Å². The second kappa shape index (κ2) is 6.97. The average Bonchev–Trinajstić information content (AvgIpc) is 2.63. The predicted molar refractivity (Wildman–Crippen MR) is 87.5 cm³/mol. The Morgan fingerprint density at radius 1 is 0.958 bits per heavy atom. The minimum Gasteiger partial charge on any atom is -0.335 e. The van der Waals surface area contributed by atoms with Gasteiger partial charge in [-0.15, -0.1) is 0 Å². The summed E-state index contributed by atoms with van der Waals surface area (Å²) in [7, 11) is 0. The van der Waals surface area contributed by atoms with Crippen molar-refractivity contribution in [2.24, 2.45) is 0 Å². The molecule has 124 valence electrons. The van der Waals surface area contributed by atoms with E-state index in [1.165, 1.54) is 23.1 Å². The zero-order chi connectivity index (χ0) is 17.1. The summed E-state index contributed by atoms with van der Waals surface area (Å²) in [6.07, 6.45) is 3.13. The average molecular weight is 348 g/mol. The Morgan fingerprint density at radius 2 is 1.54 bits per heavy atom. The number of aromatic nitrogens is 1. The van der Waals surface area contributed by atoms with Crippen LogP contribution in [0, 0.1) is 5.82 Å². The molecule has 1 aliphatic heterocycles. The first kappa shape index (κ1) is 16.4. The summed E-state index contributed by atoms with van der Waals surface area (Å²) in [6.45, 7) is 1.49. The molecule has 0 bridgehead atoms. The Balaban J connectivity index is 1.66. The van der Waals surface area contributed by atoms with Crippen LogP contribution in [0.5, 0.6) is 0 Å². The highest BCUT2D eigenvalue weighted by Crippen LogP contribution is 2.18. The molecule has 0 radical (unpaired) electrons. The lowest BCUT2D eigenvalue weighted by Gasteiger charge is -2.35. The second-order valence-corrected chi connectivity index (χ2v) is 5.88. The van der Waals surface area contributed by atoms with E-state index in [1.807, 2.05) is 0 Å². The summed E-state index contributed by atoms with van der Waals surface area (Å²) in [5, 5.41) is 0.311. The van der Waals surface area contributed by atoms with Crippen molar-refractivity contribution in [2.45, 2.75) is 0 Å². The number of carbonyl (C=O) groups excluding carboxylic acids is 2. The molecule has 3 rings (SSSR count). The number of hydrogen-bond acceptors (Lipinski definition) is 3.